The summed E-state index contributed by atoms with van der Waals surface area (Å²) in [4.78, 5) is 34.1. The van der Waals surface area contributed by atoms with E-state index in [0.29, 0.717) is 49.0 Å². The number of benzene rings is 1. The first kappa shape index (κ1) is 18.2. The molecule has 0 fully saturated rings. The summed E-state index contributed by atoms with van der Waals surface area (Å²) in [5.41, 5.74) is 7.86. The van der Waals surface area contributed by atoms with E-state index in [4.69, 9.17) is 5.73 Å². The highest BCUT2D eigenvalue weighted by Crippen LogP contribution is 2.27. The van der Waals surface area contributed by atoms with Crippen LogP contribution in [-0.2, 0) is 13.0 Å². The van der Waals surface area contributed by atoms with Crippen LogP contribution in [0, 0.1) is 0 Å². The van der Waals surface area contributed by atoms with Crippen molar-refractivity contribution in [1.82, 2.24) is 14.8 Å². The number of urea groups is 1. The molecule has 0 spiro atoms. The first-order valence-corrected chi connectivity index (χ1v) is 9.53. The van der Waals surface area contributed by atoms with Gasteiger partial charge >= 0.3 is 6.03 Å². The van der Waals surface area contributed by atoms with Gasteiger partial charge < -0.3 is 20.9 Å². The highest BCUT2D eigenvalue weighted by atomic mass is 32.1. The molecule has 7 nitrogen and oxygen atoms in total. The standard InChI is InChI=1S/C18H23N5O2S/c1-3-22(4-2)18(25)23-10-9-14-15(11-23)26-17(21-14)16(24)20-13-8-6-5-7-12(13)19/h5-8H,3-4,9-11,19H2,1-2H3,(H,20,24). The lowest BCUT2D eigenvalue weighted by Gasteiger charge is -2.31. The minimum atomic E-state index is -0.274. The number of anilines is 2. The fourth-order valence-electron chi connectivity index (χ4n) is 2.94. The van der Waals surface area contributed by atoms with E-state index in [1.807, 2.05) is 30.9 Å². The minimum absolute atomic E-state index is 0.0390. The molecule has 0 unspecified atom stereocenters. The number of hydrogen-bond donors (Lipinski definition) is 2. The monoisotopic (exact) mass is 373 g/mol. The van der Waals surface area contributed by atoms with Gasteiger partial charge in [-0.25, -0.2) is 9.78 Å². The molecule has 1 aliphatic rings. The van der Waals surface area contributed by atoms with Crippen molar-refractivity contribution in [3.63, 3.8) is 0 Å². The van der Waals surface area contributed by atoms with E-state index in [9.17, 15) is 9.59 Å². The summed E-state index contributed by atoms with van der Waals surface area (Å²) in [7, 11) is 0. The molecule has 0 bridgehead atoms. The van der Waals surface area contributed by atoms with Gasteiger partial charge in [0.1, 0.15) is 0 Å². The molecule has 3 amide bonds. The lowest BCUT2D eigenvalue weighted by Crippen LogP contribution is -2.44. The second kappa shape index (κ2) is 7.74. The number of nitrogens with one attached hydrogen (secondary N) is 1. The Kier molecular flexibility index (Phi) is 5.41. The SMILES string of the molecule is CCN(CC)C(=O)N1CCc2nc(C(=O)Nc3ccccc3N)sc2C1. The van der Waals surface area contributed by atoms with E-state index >= 15 is 0 Å². The fourth-order valence-corrected chi connectivity index (χ4v) is 3.96. The molecule has 1 aromatic heterocycles. The molecule has 1 aromatic carbocycles. The Morgan fingerprint density at radius 1 is 1.31 bits per heavy atom. The maximum absolute atomic E-state index is 12.5. The Morgan fingerprint density at radius 2 is 2.04 bits per heavy atom. The van der Waals surface area contributed by atoms with Crippen molar-refractivity contribution in [1.29, 1.82) is 0 Å². The molecule has 0 saturated heterocycles. The van der Waals surface area contributed by atoms with Crippen LogP contribution < -0.4 is 11.1 Å². The van der Waals surface area contributed by atoms with Gasteiger partial charge in [-0.1, -0.05) is 12.1 Å². The number of rotatable bonds is 4. The smallest absolute Gasteiger partial charge is 0.320 e. The van der Waals surface area contributed by atoms with Gasteiger partial charge in [-0.3, -0.25) is 4.79 Å². The summed E-state index contributed by atoms with van der Waals surface area (Å²) in [6.45, 7) is 6.45. The van der Waals surface area contributed by atoms with Crippen molar-refractivity contribution in [2.24, 2.45) is 0 Å². The number of thiazole rings is 1. The highest BCUT2D eigenvalue weighted by Gasteiger charge is 2.27. The summed E-state index contributed by atoms with van der Waals surface area (Å²) in [5, 5.41) is 3.20. The second-order valence-electron chi connectivity index (χ2n) is 6.06. The number of nitrogen functional groups attached to an aromatic ring is 1. The summed E-state index contributed by atoms with van der Waals surface area (Å²) < 4.78 is 0. The Hall–Kier alpha value is -2.61. The van der Waals surface area contributed by atoms with Crippen LogP contribution in [0.4, 0.5) is 16.2 Å². The summed E-state index contributed by atoms with van der Waals surface area (Å²) >= 11 is 1.34. The van der Waals surface area contributed by atoms with Gasteiger partial charge in [-0.15, -0.1) is 11.3 Å². The maximum atomic E-state index is 12.5. The number of hydrogen-bond acceptors (Lipinski definition) is 5. The van der Waals surface area contributed by atoms with Gasteiger partial charge in [-0.2, -0.15) is 0 Å². The second-order valence-corrected chi connectivity index (χ2v) is 7.14. The van der Waals surface area contributed by atoms with Gasteiger partial charge in [0.25, 0.3) is 5.91 Å². The third-order valence-corrected chi connectivity index (χ3v) is 5.52. The van der Waals surface area contributed by atoms with E-state index in [2.05, 4.69) is 10.3 Å². The largest absolute Gasteiger partial charge is 0.397 e. The number of carbonyl (C=O) groups is 2. The molecule has 0 aliphatic carbocycles. The quantitative estimate of drug-likeness (QED) is 0.806. The topological polar surface area (TPSA) is 91.6 Å². The van der Waals surface area contributed by atoms with Gasteiger partial charge in [0.2, 0.25) is 0 Å². The fraction of sp³-hybridized carbons (Fsp3) is 0.389. The van der Waals surface area contributed by atoms with Crippen LogP contribution in [-0.4, -0.2) is 46.4 Å². The molecule has 2 aromatic rings. The van der Waals surface area contributed by atoms with Crippen LogP contribution >= 0.6 is 11.3 Å². The zero-order valence-corrected chi connectivity index (χ0v) is 15.8. The van der Waals surface area contributed by atoms with Crippen molar-refractivity contribution in [3.8, 4) is 0 Å². The lowest BCUT2D eigenvalue weighted by atomic mass is 10.2. The van der Waals surface area contributed by atoms with Crippen LogP contribution in [0.2, 0.25) is 0 Å². The Bertz CT molecular complexity index is 816. The normalized spacial score (nSPS) is 13.2. The minimum Gasteiger partial charge on any atom is -0.397 e. The summed E-state index contributed by atoms with van der Waals surface area (Å²) in [6.07, 6.45) is 0.666. The zero-order valence-electron chi connectivity index (χ0n) is 15.0. The number of nitrogens with two attached hydrogens (primary N) is 1. The van der Waals surface area contributed by atoms with E-state index in [1.54, 1.807) is 17.0 Å². The summed E-state index contributed by atoms with van der Waals surface area (Å²) in [6, 6.07) is 7.16. The molecule has 3 N–H and O–H groups in total. The van der Waals surface area contributed by atoms with Crippen molar-refractivity contribution in [3.05, 3.63) is 39.8 Å². The lowest BCUT2D eigenvalue weighted by molar-refractivity contribution is 0.102. The van der Waals surface area contributed by atoms with Crippen LogP contribution in [0.1, 0.15) is 34.2 Å². The molecule has 8 heteroatoms. The average Bonchev–Trinajstić information content (AvgIpc) is 3.08. The Balaban J connectivity index is 1.72. The van der Waals surface area contributed by atoms with Gasteiger partial charge in [0.05, 0.1) is 23.6 Å². The van der Waals surface area contributed by atoms with Crippen molar-refractivity contribution in [2.45, 2.75) is 26.8 Å². The van der Waals surface area contributed by atoms with Gasteiger partial charge in [0, 0.05) is 30.9 Å². The molecule has 0 saturated carbocycles. The molecule has 1 aliphatic heterocycles. The molecule has 0 atom stereocenters. The van der Waals surface area contributed by atoms with Crippen molar-refractivity contribution in [2.75, 3.05) is 30.7 Å². The van der Waals surface area contributed by atoms with Crippen molar-refractivity contribution >= 4 is 34.6 Å². The van der Waals surface area contributed by atoms with Crippen LogP contribution in [0.5, 0.6) is 0 Å². The molecule has 2 heterocycles. The molecular weight excluding hydrogens is 350 g/mol. The van der Waals surface area contributed by atoms with Gasteiger partial charge in [-0.05, 0) is 26.0 Å². The molecule has 26 heavy (non-hydrogen) atoms. The predicted octanol–water partition coefficient (Wildman–Crippen LogP) is 2.80. The van der Waals surface area contributed by atoms with E-state index in [0.717, 1.165) is 10.6 Å². The number of nitrogens with zero attached hydrogens (tertiary/aromatic N) is 3. The maximum Gasteiger partial charge on any atom is 0.320 e. The molecular formula is C18H23N5O2S. The number of para-hydroxylation sites is 2. The highest BCUT2D eigenvalue weighted by molar-refractivity contribution is 7.13. The zero-order chi connectivity index (χ0) is 18.7. The van der Waals surface area contributed by atoms with Gasteiger partial charge in [0.15, 0.2) is 5.01 Å². The molecule has 138 valence electrons. The first-order chi connectivity index (χ1) is 12.5. The number of fused-ring (bicyclic) bond motifs is 1. The summed E-state index contributed by atoms with van der Waals surface area (Å²) in [5.74, 6) is -0.274. The van der Waals surface area contributed by atoms with E-state index < -0.39 is 0 Å². The third-order valence-electron chi connectivity index (χ3n) is 4.44. The molecule has 3 rings (SSSR count). The van der Waals surface area contributed by atoms with Crippen LogP contribution in [0.25, 0.3) is 0 Å². The predicted molar refractivity (Wildman–Crippen MR) is 103 cm³/mol. The number of aromatic nitrogens is 1. The van der Waals surface area contributed by atoms with Crippen molar-refractivity contribution < 1.29 is 9.59 Å². The average molecular weight is 373 g/mol. The third kappa shape index (κ3) is 3.65. The van der Waals surface area contributed by atoms with E-state index in [-0.39, 0.29) is 11.9 Å². The van der Waals surface area contributed by atoms with Crippen LogP contribution in [0.3, 0.4) is 0 Å². The van der Waals surface area contributed by atoms with Crippen LogP contribution in [0.15, 0.2) is 24.3 Å². The number of amides is 3. The number of carbonyl (C=O) groups excluding carboxylic acids is 2. The molecule has 0 radical (unpaired) electrons. The first-order valence-electron chi connectivity index (χ1n) is 8.71. The Labute approximate surface area is 156 Å². The Morgan fingerprint density at radius 3 is 2.73 bits per heavy atom. The van der Waals surface area contributed by atoms with E-state index in [1.165, 1.54) is 11.3 Å².